The number of thiophene rings is 1. The van der Waals surface area contributed by atoms with Crippen molar-refractivity contribution in [3.8, 4) is 0 Å². The van der Waals surface area contributed by atoms with Crippen LogP contribution in [-0.4, -0.2) is 62.4 Å². The van der Waals surface area contributed by atoms with Gasteiger partial charge in [0.25, 0.3) is 5.91 Å². The second-order valence-electron chi connectivity index (χ2n) is 8.21. The minimum atomic E-state index is -0.0908. The van der Waals surface area contributed by atoms with Crippen molar-refractivity contribution in [3.63, 3.8) is 0 Å². The highest BCUT2D eigenvalue weighted by Gasteiger charge is 2.31. The van der Waals surface area contributed by atoms with Crippen LogP contribution < -0.4 is 15.1 Å². The molecule has 3 amide bonds. The molecule has 1 unspecified atom stereocenters. The topological polar surface area (TPSA) is 73.0 Å². The van der Waals surface area contributed by atoms with Crippen molar-refractivity contribution >= 4 is 40.4 Å². The van der Waals surface area contributed by atoms with Crippen LogP contribution >= 0.6 is 11.3 Å². The molecule has 8 heteroatoms. The quantitative estimate of drug-likeness (QED) is 0.718. The lowest BCUT2D eigenvalue weighted by Crippen LogP contribution is -2.37. The summed E-state index contributed by atoms with van der Waals surface area (Å²) in [6, 6.07) is 11.2. The van der Waals surface area contributed by atoms with Gasteiger partial charge in [-0.1, -0.05) is 6.07 Å². The zero-order valence-corrected chi connectivity index (χ0v) is 18.6. The van der Waals surface area contributed by atoms with Crippen LogP contribution in [0, 0.1) is 5.92 Å². The van der Waals surface area contributed by atoms with E-state index in [4.69, 9.17) is 0 Å². The van der Waals surface area contributed by atoms with Gasteiger partial charge in [0, 0.05) is 43.9 Å². The third-order valence-electron chi connectivity index (χ3n) is 5.98. The van der Waals surface area contributed by atoms with Crippen LogP contribution in [0.5, 0.6) is 0 Å². The Labute approximate surface area is 186 Å². The largest absolute Gasteiger partial charge is 0.351 e. The van der Waals surface area contributed by atoms with Gasteiger partial charge in [-0.05, 0) is 61.6 Å². The number of benzene rings is 1. The van der Waals surface area contributed by atoms with E-state index in [1.807, 2.05) is 35.7 Å². The molecule has 0 saturated carbocycles. The number of nitrogens with zero attached hydrogens (tertiary/aromatic N) is 3. The molecule has 2 aliphatic rings. The number of likely N-dealkylation sites (N-methyl/N-ethyl adjacent to an activating group) is 1. The molecule has 3 heterocycles. The predicted octanol–water partition coefficient (Wildman–Crippen LogP) is 2.59. The standard InChI is InChI=1S/C23H28N4O3S/c1-25(22(29)16-26-10-2-3-11-26)18-6-8-19(9-7-18)27-15-17(13-21(27)28)14-24-23(30)20-5-4-12-31-20/h4-9,12,17H,2-3,10-11,13-16H2,1H3,(H,24,30). The maximum atomic E-state index is 12.5. The molecule has 0 spiro atoms. The Hall–Kier alpha value is -2.71. The van der Waals surface area contributed by atoms with Crippen LogP contribution in [0.1, 0.15) is 28.9 Å². The Morgan fingerprint density at radius 2 is 1.90 bits per heavy atom. The fourth-order valence-corrected chi connectivity index (χ4v) is 4.78. The van der Waals surface area contributed by atoms with Crippen LogP contribution in [0.15, 0.2) is 41.8 Å². The van der Waals surface area contributed by atoms with E-state index < -0.39 is 0 Å². The fraction of sp³-hybridized carbons (Fsp3) is 0.435. The average Bonchev–Trinajstić information content (AvgIpc) is 3.54. The molecule has 0 bridgehead atoms. The summed E-state index contributed by atoms with van der Waals surface area (Å²) >= 11 is 1.41. The molecular formula is C23H28N4O3S. The molecule has 1 aromatic heterocycles. The minimum absolute atomic E-state index is 0.0570. The van der Waals surface area contributed by atoms with Gasteiger partial charge in [-0.15, -0.1) is 11.3 Å². The number of hydrogen-bond acceptors (Lipinski definition) is 5. The SMILES string of the molecule is CN(C(=O)CN1CCCC1)c1ccc(N2CC(CNC(=O)c3cccs3)CC2=O)cc1. The monoisotopic (exact) mass is 440 g/mol. The van der Waals surface area contributed by atoms with E-state index >= 15 is 0 Å². The zero-order chi connectivity index (χ0) is 21.8. The zero-order valence-electron chi connectivity index (χ0n) is 17.8. The first-order valence-corrected chi connectivity index (χ1v) is 11.6. The maximum Gasteiger partial charge on any atom is 0.261 e. The molecule has 1 atom stereocenters. The maximum absolute atomic E-state index is 12.5. The number of likely N-dealkylation sites (tertiary alicyclic amines) is 1. The van der Waals surface area contributed by atoms with Gasteiger partial charge in [0.05, 0.1) is 11.4 Å². The number of carbonyl (C=O) groups is 3. The number of nitrogens with one attached hydrogen (secondary N) is 1. The highest BCUT2D eigenvalue weighted by atomic mass is 32.1. The summed E-state index contributed by atoms with van der Waals surface area (Å²) in [7, 11) is 1.79. The number of amides is 3. The fourth-order valence-electron chi connectivity index (χ4n) is 4.14. The smallest absolute Gasteiger partial charge is 0.261 e. The second kappa shape index (κ2) is 9.62. The van der Waals surface area contributed by atoms with E-state index in [0.29, 0.717) is 30.9 Å². The molecule has 4 rings (SSSR count). The summed E-state index contributed by atoms with van der Waals surface area (Å²) in [6.45, 7) is 3.48. The lowest BCUT2D eigenvalue weighted by Gasteiger charge is -2.22. The molecular weight excluding hydrogens is 412 g/mol. The van der Waals surface area contributed by atoms with E-state index in [0.717, 1.165) is 37.3 Å². The molecule has 1 aromatic carbocycles. The summed E-state index contributed by atoms with van der Waals surface area (Å²) in [5.41, 5.74) is 1.64. The van der Waals surface area contributed by atoms with Gasteiger partial charge < -0.3 is 15.1 Å². The Kier molecular flexibility index (Phi) is 6.67. The van der Waals surface area contributed by atoms with Crippen LogP contribution in [0.3, 0.4) is 0 Å². The summed E-state index contributed by atoms with van der Waals surface area (Å²) in [4.78, 5) is 43.5. The van der Waals surface area contributed by atoms with Crippen molar-refractivity contribution in [2.75, 3.05) is 49.6 Å². The van der Waals surface area contributed by atoms with Gasteiger partial charge in [-0.25, -0.2) is 0 Å². The number of rotatable bonds is 7. The normalized spacial score (nSPS) is 19.1. The molecule has 2 aromatic rings. The lowest BCUT2D eigenvalue weighted by atomic mass is 10.1. The molecule has 1 N–H and O–H groups in total. The van der Waals surface area contributed by atoms with Crippen LogP contribution in [0.2, 0.25) is 0 Å². The Bertz CT molecular complexity index is 923. The number of hydrogen-bond donors (Lipinski definition) is 1. The second-order valence-corrected chi connectivity index (χ2v) is 9.16. The number of carbonyl (C=O) groups excluding carboxylic acids is 3. The van der Waals surface area contributed by atoms with E-state index in [-0.39, 0.29) is 23.6 Å². The van der Waals surface area contributed by atoms with Gasteiger partial charge in [0.1, 0.15) is 0 Å². The highest BCUT2D eigenvalue weighted by molar-refractivity contribution is 7.12. The van der Waals surface area contributed by atoms with Gasteiger partial charge in [-0.3, -0.25) is 19.3 Å². The molecule has 2 fully saturated rings. The van der Waals surface area contributed by atoms with Crippen LogP contribution in [-0.2, 0) is 9.59 Å². The first-order chi connectivity index (χ1) is 15.0. The third kappa shape index (κ3) is 5.14. The van der Waals surface area contributed by atoms with Crippen molar-refractivity contribution in [2.24, 2.45) is 5.92 Å². The Morgan fingerprint density at radius 1 is 1.16 bits per heavy atom. The van der Waals surface area contributed by atoms with Gasteiger partial charge in [-0.2, -0.15) is 0 Å². The molecule has 7 nitrogen and oxygen atoms in total. The molecule has 31 heavy (non-hydrogen) atoms. The minimum Gasteiger partial charge on any atom is -0.351 e. The van der Waals surface area contributed by atoms with E-state index in [9.17, 15) is 14.4 Å². The van der Waals surface area contributed by atoms with Gasteiger partial charge in [0.15, 0.2) is 0 Å². The van der Waals surface area contributed by atoms with Crippen molar-refractivity contribution in [2.45, 2.75) is 19.3 Å². The number of anilines is 2. The van der Waals surface area contributed by atoms with Gasteiger partial charge >= 0.3 is 0 Å². The van der Waals surface area contributed by atoms with Crippen molar-refractivity contribution in [3.05, 3.63) is 46.7 Å². The summed E-state index contributed by atoms with van der Waals surface area (Å²) in [6.07, 6.45) is 2.74. The molecule has 2 aliphatic heterocycles. The molecule has 2 saturated heterocycles. The predicted molar refractivity (Wildman–Crippen MR) is 123 cm³/mol. The summed E-state index contributed by atoms with van der Waals surface area (Å²) in [5.74, 6) is 0.128. The summed E-state index contributed by atoms with van der Waals surface area (Å²) in [5, 5.41) is 4.80. The molecule has 0 aliphatic carbocycles. The highest BCUT2D eigenvalue weighted by Crippen LogP contribution is 2.27. The van der Waals surface area contributed by atoms with Gasteiger partial charge in [0.2, 0.25) is 11.8 Å². The van der Waals surface area contributed by atoms with E-state index in [1.54, 1.807) is 22.9 Å². The van der Waals surface area contributed by atoms with Crippen molar-refractivity contribution in [1.29, 1.82) is 0 Å². The molecule has 164 valence electrons. The van der Waals surface area contributed by atoms with E-state index in [2.05, 4.69) is 10.2 Å². The Morgan fingerprint density at radius 3 is 2.58 bits per heavy atom. The van der Waals surface area contributed by atoms with Crippen LogP contribution in [0.25, 0.3) is 0 Å². The Balaban J connectivity index is 1.31. The first-order valence-electron chi connectivity index (χ1n) is 10.7. The summed E-state index contributed by atoms with van der Waals surface area (Å²) < 4.78 is 0. The lowest BCUT2D eigenvalue weighted by molar-refractivity contribution is -0.119. The molecule has 0 radical (unpaired) electrons. The average molecular weight is 441 g/mol. The third-order valence-corrected chi connectivity index (χ3v) is 6.85. The van der Waals surface area contributed by atoms with E-state index in [1.165, 1.54) is 11.3 Å². The van der Waals surface area contributed by atoms with Crippen LogP contribution in [0.4, 0.5) is 11.4 Å². The first kappa shape index (κ1) is 21.5. The van der Waals surface area contributed by atoms with Crippen molar-refractivity contribution < 1.29 is 14.4 Å². The van der Waals surface area contributed by atoms with Crippen molar-refractivity contribution in [1.82, 2.24) is 10.2 Å².